The van der Waals surface area contributed by atoms with Gasteiger partial charge in [0.15, 0.2) is 0 Å². The molecule has 132 valence electrons. The van der Waals surface area contributed by atoms with Crippen LogP contribution in [0.1, 0.15) is 17.0 Å². The fraction of sp³-hybridized carbons (Fsp3) is 0.200. The summed E-state index contributed by atoms with van der Waals surface area (Å²) in [5.41, 5.74) is 12.0. The van der Waals surface area contributed by atoms with E-state index < -0.39 is 0 Å². The van der Waals surface area contributed by atoms with Crippen LogP contribution < -0.4 is 11.4 Å². The summed E-state index contributed by atoms with van der Waals surface area (Å²) in [7, 11) is 1.75. The Kier molecular flexibility index (Phi) is 3.68. The Balaban J connectivity index is 1.98. The van der Waals surface area contributed by atoms with E-state index in [9.17, 15) is 4.79 Å². The molecule has 0 aliphatic rings. The first-order valence-corrected chi connectivity index (χ1v) is 8.43. The number of fused-ring (bicyclic) bond motifs is 1. The van der Waals surface area contributed by atoms with E-state index in [1.165, 1.54) is 0 Å². The minimum Gasteiger partial charge on any atom is -0.397 e. The van der Waals surface area contributed by atoms with Gasteiger partial charge in [0, 0.05) is 12.6 Å². The Morgan fingerprint density at radius 3 is 2.54 bits per heavy atom. The summed E-state index contributed by atoms with van der Waals surface area (Å²) in [6.07, 6.45) is 0. The molecule has 26 heavy (non-hydrogen) atoms. The molecule has 0 aliphatic heterocycles. The van der Waals surface area contributed by atoms with Crippen molar-refractivity contribution in [2.45, 2.75) is 20.4 Å². The number of anilines is 1. The number of benzene rings is 2. The quantitative estimate of drug-likeness (QED) is 0.577. The number of nitrogen functional groups attached to an aromatic ring is 1. The summed E-state index contributed by atoms with van der Waals surface area (Å²) in [6.45, 7) is 4.26. The third-order valence-corrected chi connectivity index (χ3v) is 4.77. The first-order chi connectivity index (χ1) is 12.5. The van der Waals surface area contributed by atoms with E-state index in [1.807, 2.05) is 56.3 Å². The second-order valence-electron chi connectivity index (χ2n) is 6.55. The predicted molar refractivity (Wildman–Crippen MR) is 102 cm³/mol. The van der Waals surface area contributed by atoms with Gasteiger partial charge in [0.25, 0.3) is 0 Å². The molecule has 2 N–H and O–H groups in total. The van der Waals surface area contributed by atoms with Crippen LogP contribution in [0.5, 0.6) is 0 Å². The highest BCUT2D eigenvalue weighted by atomic mass is 16.5. The molecule has 0 saturated carbocycles. The van der Waals surface area contributed by atoms with E-state index in [2.05, 4.69) is 5.16 Å². The molecule has 2 heterocycles. The standard InChI is InChI=1S/C20H20N4O2/c1-12-18(13(2)26-22-12)15-9-16(21)19-17(10-15)24(20(25)23(19)3)11-14-7-5-4-6-8-14/h4-10H,11,21H2,1-3H3. The molecular weight excluding hydrogens is 328 g/mol. The van der Waals surface area contributed by atoms with Crippen molar-refractivity contribution in [2.75, 3.05) is 5.73 Å². The van der Waals surface area contributed by atoms with Gasteiger partial charge < -0.3 is 10.3 Å². The average molecular weight is 348 g/mol. The Morgan fingerprint density at radius 2 is 1.88 bits per heavy atom. The summed E-state index contributed by atoms with van der Waals surface area (Å²) >= 11 is 0. The maximum absolute atomic E-state index is 12.8. The topological polar surface area (TPSA) is 79.0 Å². The zero-order valence-electron chi connectivity index (χ0n) is 15.0. The lowest BCUT2D eigenvalue weighted by Crippen LogP contribution is -2.22. The van der Waals surface area contributed by atoms with Crippen LogP contribution in [0.15, 0.2) is 51.8 Å². The molecule has 6 nitrogen and oxygen atoms in total. The van der Waals surface area contributed by atoms with Gasteiger partial charge >= 0.3 is 5.69 Å². The zero-order chi connectivity index (χ0) is 18.4. The average Bonchev–Trinajstić information content (AvgIpc) is 3.08. The van der Waals surface area contributed by atoms with Crippen LogP contribution >= 0.6 is 0 Å². The molecule has 0 radical (unpaired) electrons. The SMILES string of the molecule is Cc1noc(C)c1-c1cc(N)c2c(c1)n(Cc1ccccc1)c(=O)n2C. The van der Waals surface area contributed by atoms with Crippen molar-refractivity contribution in [1.82, 2.24) is 14.3 Å². The Bertz CT molecular complexity index is 1150. The summed E-state index contributed by atoms with van der Waals surface area (Å²) in [5, 5.41) is 4.03. The summed E-state index contributed by atoms with van der Waals surface area (Å²) < 4.78 is 8.65. The summed E-state index contributed by atoms with van der Waals surface area (Å²) in [4.78, 5) is 12.8. The van der Waals surface area contributed by atoms with E-state index in [1.54, 1.807) is 16.2 Å². The lowest BCUT2D eigenvalue weighted by molar-refractivity contribution is 0.393. The maximum atomic E-state index is 12.8. The molecule has 2 aromatic heterocycles. The molecule has 0 atom stereocenters. The lowest BCUT2D eigenvalue weighted by Gasteiger charge is -2.08. The summed E-state index contributed by atoms with van der Waals surface area (Å²) in [6, 6.07) is 13.8. The highest BCUT2D eigenvalue weighted by molar-refractivity contribution is 5.93. The molecule has 0 saturated heterocycles. The number of rotatable bonds is 3. The number of nitrogens with two attached hydrogens (primary N) is 1. The van der Waals surface area contributed by atoms with Crippen LogP contribution in [0.2, 0.25) is 0 Å². The number of aryl methyl sites for hydroxylation is 3. The molecule has 0 amide bonds. The largest absolute Gasteiger partial charge is 0.397 e. The van der Waals surface area contributed by atoms with Crippen LogP contribution in [-0.4, -0.2) is 14.3 Å². The monoisotopic (exact) mass is 348 g/mol. The maximum Gasteiger partial charge on any atom is 0.329 e. The van der Waals surface area contributed by atoms with Crippen LogP contribution in [0.3, 0.4) is 0 Å². The number of nitrogens with zero attached hydrogens (tertiary/aromatic N) is 3. The van der Waals surface area contributed by atoms with Crippen molar-refractivity contribution in [3.63, 3.8) is 0 Å². The van der Waals surface area contributed by atoms with Crippen LogP contribution in [0.4, 0.5) is 5.69 Å². The molecule has 6 heteroatoms. The van der Waals surface area contributed by atoms with Gasteiger partial charge in [-0.3, -0.25) is 9.13 Å². The van der Waals surface area contributed by atoms with Gasteiger partial charge in [-0.2, -0.15) is 0 Å². The van der Waals surface area contributed by atoms with Gasteiger partial charge in [0.1, 0.15) is 5.76 Å². The van der Waals surface area contributed by atoms with Crippen molar-refractivity contribution < 1.29 is 4.52 Å². The third-order valence-electron chi connectivity index (χ3n) is 4.77. The molecule has 4 rings (SSSR count). The minimum atomic E-state index is -0.0912. The second-order valence-corrected chi connectivity index (χ2v) is 6.55. The highest BCUT2D eigenvalue weighted by Gasteiger charge is 2.18. The molecular formula is C20H20N4O2. The van der Waals surface area contributed by atoms with Crippen LogP contribution in [0, 0.1) is 13.8 Å². The number of hydrogen-bond donors (Lipinski definition) is 1. The van der Waals surface area contributed by atoms with Crippen molar-refractivity contribution in [2.24, 2.45) is 7.05 Å². The van der Waals surface area contributed by atoms with Crippen LogP contribution in [-0.2, 0) is 13.6 Å². The third kappa shape index (κ3) is 2.42. The molecule has 0 bridgehead atoms. The van der Waals surface area contributed by atoms with Crippen molar-refractivity contribution in [1.29, 1.82) is 0 Å². The number of aromatic nitrogens is 3. The molecule has 0 spiro atoms. The zero-order valence-corrected chi connectivity index (χ0v) is 15.0. The Morgan fingerprint density at radius 1 is 1.15 bits per heavy atom. The Hall–Kier alpha value is -3.28. The van der Waals surface area contributed by atoms with E-state index in [-0.39, 0.29) is 5.69 Å². The number of hydrogen-bond acceptors (Lipinski definition) is 4. The van der Waals surface area contributed by atoms with E-state index in [0.717, 1.165) is 39.2 Å². The Labute approximate surface area is 150 Å². The smallest absolute Gasteiger partial charge is 0.329 e. The normalized spacial score (nSPS) is 11.3. The molecule has 2 aromatic carbocycles. The van der Waals surface area contributed by atoms with Gasteiger partial charge in [-0.15, -0.1) is 0 Å². The van der Waals surface area contributed by atoms with E-state index >= 15 is 0 Å². The van der Waals surface area contributed by atoms with Crippen LogP contribution in [0.25, 0.3) is 22.2 Å². The van der Waals surface area contributed by atoms with Crippen molar-refractivity contribution in [3.8, 4) is 11.1 Å². The van der Waals surface area contributed by atoms with Gasteiger partial charge in [0.2, 0.25) is 0 Å². The van der Waals surface area contributed by atoms with Gasteiger partial charge in [-0.25, -0.2) is 4.79 Å². The second kappa shape index (κ2) is 5.91. The minimum absolute atomic E-state index is 0.0912. The first kappa shape index (κ1) is 16.2. The van der Waals surface area contributed by atoms with E-state index in [0.29, 0.717) is 12.2 Å². The van der Waals surface area contributed by atoms with Gasteiger partial charge in [-0.1, -0.05) is 35.5 Å². The van der Waals surface area contributed by atoms with Gasteiger partial charge in [-0.05, 0) is 37.1 Å². The van der Waals surface area contributed by atoms with Crippen molar-refractivity contribution in [3.05, 3.63) is 70.0 Å². The lowest BCUT2D eigenvalue weighted by atomic mass is 10.0. The first-order valence-electron chi connectivity index (χ1n) is 8.43. The fourth-order valence-electron chi connectivity index (χ4n) is 3.55. The fourth-order valence-corrected chi connectivity index (χ4v) is 3.55. The summed E-state index contributed by atoms with van der Waals surface area (Å²) in [5.74, 6) is 0.731. The molecule has 0 fully saturated rings. The molecule has 0 unspecified atom stereocenters. The van der Waals surface area contributed by atoms with Gasteiger partial charge in [0.05, 0.1) is 29.0 Å². The van der Waals surface area contributed by atoms with E-state index in [4.69, 9.17) is 10.3 Å². The predicted octanol–water partition coefficient (Wildman–Crippen LogP) is 3.24. The number of imidazole rings is 1. The molecule has 4 aromatic rings. The molecule has 0 aliphatic carbocycles. The highest BCUT2D eigenvalue weighted by Crippen LogP contribution is 2.32. The van der Waals surface area contributed by atoms with Crippen molar-refractivity contribution >= 4 is 16.7 Å².